The first-order chi connectivity index (χ1) is 9.85. The summed E-state index contributed by atoms with van der Waals surface area (Å²) in [4.78, 5) is 0. The molecule has 0 saturated heterocycles. The first-order valence-corrected chi connectivity index (χ1v) is 9.85. The molecule has 1 atom stereocenters. The molecule has 1 spiro atoms. The molecule has 20 heavy (non-hydrogen) atoms. The topological polar surface area (TPSA) is 0 Å². The van der Waals surface area contributed by atoms with Crippen LogP contribution in [-0.2, 0) is 0 Å². The Hall–Kier alpha value is 0. The van der Waals surface area contributed by atoms with Crippen molar-refractivity contribution in [1.29, 1.82) is 0 Å². The molecule has 0 heterocycles. The molecule has 118 valence electrons. The van der Waals surface area contributed by atoms with Crippen LogP contribution in [0.3, 0.4) is 0 Å². The highest BCUT2D eigenvalue weighted by Gasteiger charge is 2.30. The molecule has 0 nitrogen and oxygen atoms in total. The summed E-state index contributed by atoms with van der Waals surface area (Å²) in [6.45, 7) is 2.43. The molecule has 2 aliphatic rings. The monoisotopic (exact) mass is 278 g/mol. The maximum absolute atomic E-state index is 2.43. The SMILES string of the molecule is CCC1CCCCCCCCC2(CCCCCC2)CC1. The van der Waals surface area contributed by atoms with Crippen LogP contribution < -0.4 is 0 Å². The molecule has 0 aromatic heterocycles. The van der Waals surface area contributed by atoms with E-state index < -0.39 is 0 Å². The minimum Gasteiger partial charge on any atom is -0.0651 e. The Morgan fingerprint density at radius 1 is 0.600 bits per heavy atom. The highest BCUT2D eigenvalue weighted by Crippen LogP contribution is 2.44. The van der Waals surface area contributed by atoms with Crippen molar-refractivity contribution in [3.63, 3.8) is 0 Å². The van der Waals surface area contributed by atoms with Gasteiger partial charge in [0.1, 0.15) is 0 Å². The van der Waals surface area contributed by atoms with E-state index in [4.69, 9.17) is 0 Å². The molecule has 1 unspecified atom stereocenters. The Bertz CT molecular complexity index is 234. The Morgan fingerprint density at radius 3 is 1.65 bits per heavy atom. The van der Waals surface area contributed by atoms with Crippen molar-refractivity contribution in [3.05, 3.63) is 0 Å². The van der Waals surface area contributed by atoms with Crippen LogP contribution in [0.2, 0.25) is 0 Å². The minimum absolute atomic E-state index is 0.767. The third-order valence-corrected chi connectivity index (χ3v) is 6.39. The fourth-order valence-corrected chi connectivity index (χ4v) is 4.81. The van der Waals surface area contributed by atoms with Crippen LogP contribution in [0.4, 0.5) is 0 Å². The lowest BCUT2D eigenvalue weighted by Gasteiger charge is -2.35. The molecule has 0 aromatic rings. The predicted octanol–water partition coefficient (Wildman–Crippen LogP) is 7.27. The zero-order valence-electron chi connectivity index (χ0n) is 14.1. The summed E-state index contributed by atoms with van der Waals surface area (Å²) < 4.78 is 0. The van der Waals surface area contributed by atoms with Gasteiger partial charge in [-0.2, -0.15) is 0 Å². The fourth-order valence-electron chi connectivity index (χ4n) is 4.81. The molecule has 0 amide bonds. The molecule has 0 heteroatoms. The van der Waals surface area contributed by atoms with Gasteiger partial charge in [-0.1, -0.05) is 84.0 Å². The highest BCUT2D eigenvalue weighted by molar-refractivity contribution is 4.83. The molecule has 0 aliphatic heterocycles. The second kappa shape index (κ2) is 9.11. The van der Waals surface area contributed by atoms with Gasteiger partial charge in [-0.25, -0.2) is 0 Å². The maximum atomic E-state index is 2.43. The molecule has 0 bridgehead atoms. The van der Waals surface area contributed by atoms with E-state index in [1.54, 1.807) is 25.7 Å². The molecule has 0 radical (unpaired) electrons. The van der Waals surface area contributed by atoms with E-state index >= 15 is 0 Å². The fraction of sp³-hybridized carbons (Fsp3) is 1.00. The normalized spacial score (nSPS) is 30.1. The van der Waals surface area contributed by atoms with Crippen molar-refractivity contribution in [2.24, 2.45) is 11.3 Å². The summed E-state index contributed by atoms with van der Waals surface area (Å²) in [5.41, 5.74) is 0.767. The number of hydrogen-bond donors (Lipinski definition) is 0. The first kappa shape index (κ1) is 16.4. The molecule has 2 fully saturated rings. The van der Waals surface area contributed by atoms with Gasteiger partial charge < -0.3 is 0 Å². The van der Waals surface area contributed by atoms with E-state index in [0.29, 0.717) is 0 Å². The average molecular weight is 279 g/mol. The largest absolute Gasteiger partial charge is 0.0651 e. The van der Waals surface area contributed by atoms with Crippen LogP contribution in [0.15, 0.2) is 0 Å². The van der Waals surface area contributed by atoms with Gasteiger partial charge in [0, 0.05) is 0 Å². The lowest BCUT2D eigenvalue weighted by molar-refractivity contribution is 0.172. The Labute approximate surface area is 128 Å². The molecule has 0 N–H and O–H groups in total. The van der Waals surface area contributed by atoms with E-state index in [-0.39, 0.29) is 0 Å². The van der Waals surface area contributed by atoms with Crippen molar-refractivity contribution >= 4 is 0 Å². The van der Waals surface area contributed by atoms with Crippen LogP contribution in [0, 0.1) is 11.3 Å². The van der Waals surface area contributed by atoms with Crippen LogP contribution >= 0.6 is 0 Å². The summed E-state index contributed by atoms with van der Waals surface area (Å²) in [5, 5.41) is 0. The molecule has 2 saturated carbocycles. The van der Waals surface area contributed by atoms with Crippen LogP contribution in [0.5, 0.6) is 0 Å². The van der Waals surface area contributed by atoms with Gasteiger partial charge in [-0.05, 0) is 43.4 Å². The van der Waals surface area contributed by atoms with Gasteiger partial charge in [-0.15, -0.1) is 0 Å². The molecule has 0 aromatic carbocycles. The van der Waals surface area contributed by atoms with Crippen LogP contribution in [-0.4, -0.2) is 0 Å². The molecular formula is C20H38. The van der Waals surface area contributed by atoms with E-state index in [0.717, 1.165) is 11.3 Å². The lowest BCUT2D eigenvalue weighted by atomic mass is 9.71. The maximum Gasteiger partial charge on any atom is -0.0297 e. The highest BCUT2D eigenvalue weighted by atomic mass is 14.4. The summed E-state index contributed by atoms with van der Waals surface area (Å²) in [6, 6.07) is 0. The summed E-state index contributed by atoms with van der Waals surface area (Å²) in [5.74, 6) is 1.04. The van der Waals surface area contributed by atoms with Gasteiger partial charge >= 0.3 is 0 Å². The van der Waals surface area contributed by atoms with Crippen molar-refractivity contribution < 1.29 is 0 Å². The van der Waals surface area contributed by atoms with Crippen molar-refractivity contribution in [1.82, 2.24) is 0 Å². The Kier molecular flexibility index (Phi) is 7.45. The zero-order valence-corrected chi connectivity index (χ0v) is 14.1. The summed E-state index contributed by atoms with van der Waals surface area (Å²) in [6.07, 6.45) is 25.9. The first-order valence-electron chi connectivity index (χ1n) is 9.85. The van der Waals surface area contributed by atoms with E-state index in [1.165, 1.54) is 83.5 Å². The molecule has 2 rings (SSSR count). The standard InChI is InChI=1S/C20H38/c1-2-19-13-9-5-3-4-6-10-15-20(18-14-19)16-11-7-8-12-17-20/h19H,2-18H2,1H3. The quantitative estimate of drug-likeness (QED) is 0.473. The van der Waals surface area contributed by atoms with Crippen molar-refractivity contribution in [2.75, 3.05) is 0 Å². The zero-order chi connectivity index (χ0) is 14.1. The Morgan fingerprint density at radius 2 is 1.10 bits per heavy atom. The van der Waals surface area contributed by atoms with Gasteiger partial charge in [0.2, 0.25) is 0 Å². The van der Waals surface area contributed by atoms with Crippen molar-refractivity contribution in [2.45, 2.75) is 116 Å². The van der Waals surface area contributed by atoms with Crippen LogP contribution in [0.1, 0.15) is 116 Å². The minimum atomic E-state index is 0.767. The Balaban J connectivity index is 1.95. The summed E-state index contributed by atoms with van der Waals surface area (Å²) in [7, 11) is 0. The van der Waals surface area contributed by atoms with Crippen molar-refractivity contribution in [3.8, 4) is 0 Å². The van der Waals surface area contributed by atoms with Crippen LogP contribution in [0.25, 0.3) is 0 Å². The predicted molar refractivity (Wildman–Crippen MR) is 90.1 cm³/mol. The van der Waals surface area contributed by atoms with Gasteiger partial charge in [0.25, 0.3) is 0 Å². The summed E-state index contributed by atoms with van der Waals surface area (Å²) >= 11 is 0. The van der Waals surface area contributed by atoms with E-state index in [9.17, 15) is 0 Å². The second-order valence-corrected chi connectivity index (χ2v) is 7.89. The lowest BCUT2D eigenvalue weighted by Crippen LogP contribution is -2.21. The van der Waals surface area contributed by atoms with Gasteiger partial charge in [0.05, 0.1) is 0 Å². The van der Waals surface area contributed by atoms with Gasteiger partial charge in [-0.3, -0.25) is 0 Å². The smallest absolute Gasteiger partial charge is 0.0297 e. The second-order valence-electron chi connectivity index (χ2n) is 7.89. The third-order valence-electron chi connectivity index (χ3n) is 6.39. The number of rotatable bonds is 1. The van der Waals surface area contributed by atoms with E-state index in [1.807, 2.05) is 0 Å². The third kappa shape index (κ3) is 5.41. The average Bonchev–Trinajstić information content (AvgIpc) is 2.69. The van der Waals surface area contributed by atoms with Gasteiger partial charge in [0.15, 0.2) is 0 Å². The number of hydrogen-bond acceptors (Lipinski definition) is 0. The van der Waals surface area contributed by atoms with E-state index in [2.05, 4.69) is 6.92 Å². The molecular weight excluding hydrogens is 240 g/mol. The molecule has 2 aliphatic carbocycles.